The van der Waals surface area contributed by atoms with Crippen molar-refractivity contribution in [2.45, 2.75) is 59.2 Å². The Hall–Kier alpha value is -2.24. The summed E-state index contributed by atoms with van der Waals surface area (Å²) in [6.45, 7) is 11.1. The van der Waals surface area contributed by atoms with Crippen LogP contribution in [0, 0.1) is 6.92 Å². The maximum absolute atomic E-state index is 12.3. The number of rotatable bonds is 6. The molecule has 2 rings (SSSR count). The van der Waals surface area contributed by atoms with Gasteiger partial charge in [-0.05, 0) is 64.3 Å². The van der Waals surface area contributed by atoms with E-state index >= 15 is 0 Å². The topological polar surface area (TPSA) is 65.1 Å². The second-order valence-electron chi connectivity index (χ2n) is 7.46. The lowest BCUT2D eigenvalue weighted by molar-refractivity contribution is -0.143. The average Bonchev–Trinajstić information content (AvgIpc) is 2.94. The predicted molar refractivity (Wildman–Crippen MR) is 98.4 cm³/mol. The van der Waals surface area contributed by atoms with E-state index < -0.39 is 11.7 Å². The number of nitrogens with zero attached hydrogens (tertiary/aromatic N) is 1. The molecule has 6 nitrogen and oxygen atoms in total. The highest BCUT2D eigenvalue weighted by Gasteiger charge is 2.28. The summed E-state index contributed by atoms with van der Waals surface area (Å²) in [7, 11) is 0. The molecule has 0 N–H and O–H groups in total. The van der Waals surface area contributed by atoms with Crippen LogP contribution in [0.1, 0.15) is 45.2 Å². The van der Waals surface area contributed by atoms with Crippen LogP contribution >= 0.6 is 0 Å². The molecule has 0 saturated carbocycles. The van der Waals surface area contributed by atoms with E-state index in [0.717, 1.165) is 11.1 Å². The van der Waals surface area contributed by atoms with Gasteiger partial charge in [0.15, 0.2) is 6.10 Å². The van der Waals surface area contributed by atoms with Crippen molar-refractivity contribution >= 4 is 12.1 Å². The number of likely N-dealkylation sites (N-methyl/N-ethyl adjacent to an activating group) is 1. The first kappa shape index (κ1) is 20.1. The number of hydrogen-bond donors (Lipinski definition) is 0. The fourth-order valence-corrected chi connectivity index (χ4v) is 2.70. The number of cyclic esters (lactones) is 1. The van der Waals surface area contributed by atoms with Gasteiger partial charge in [-0.1, -0.05) is 6.07 Å². The molecule has 6 heteroatoms. The van der Waals surface area contributed by atoms with Crippen molar-refractivity contribution in [2.75, 3.05) is 19.7 Å². The van der Waals surface area contributed by atoms with Gasteiger partial charge in [-0.2, -0.15) is 0 Å². The molecule has 1 fully saturated rings. The first-order valence-electron chi connectivity index (χ1n) is 9.10. The van der Waals surface area contributed by atoms with E-state index in [1.165, 1.54) is 0 Å². The molecule has 1 heterocycles. The SMILES string of the molecule is CCN(CCc1cc(OC2CCOC2=O)ccc1C)C(=O)OC(C)(C)C. The predicted octanol–water partition coefficient (Wildman–Crippen LogP) is 3.49. The maximum atomic E-state index is 12.3. The highest BCUT2D eigenvalue weighted by Crippen LogP contribution is 2.22. The molecule has 0 radical (unpaired) electrons. The van der Waals surface area contributed by atoms with Crippen LogP contribution in [-0.4, -0.2) is 48.4 Å². The van der Waals surface area contributed by atoms with Crippen LogP contribution in [0.4, 0.5) is 4.79 Å². The summed E-state index contributed by atoms with van der Waals surface area (Å²) in [5.41, 5.74) is 1.69. The Morgan fingerprint density at radius 1 is 1.35 bits per heavy atom. The van der Waals surface area contributed by atoms with Crippen molar-refractivity contribution in [2.24, 2.45) is 0 Å². The Kier molecular flexibility index (Phi) is 6.51. The van der Waals surface area contributed by atoms with E-state index in [1.807, 2.05) is 52.8 Å². The minimum Gasteiger partial charge on any atom is -0.479 e. The van der Waals surface area contributed by atoms with Crippen LogP contribution in [0.3, 0.4) is 0 Å². The Morgan fingerprint density at radius 2 is 2.08 bits per heavy atom. The van der Waals surface area contributed by atoms with E-state index in [2.05, 4.69) is 0 Å². The molecule has 144 valence electrons. The summed E-state index contributed by atoms with van der Waals surface area (Å²) < 4.78 is 16.1. The zero-order chi connectivity index (χ0) is 19.3. The number of ether oxygens (including phenoxy) is 3. The lowest BCUT2D eigenvalue weighted by atomic mass is 10.0. The highest BCUT2D eigenvalue weighted by atomic mass is 16.6. The monoisotopic (exact) mass is 363 g/mol. The van der Waals surface area contributed by atoms with Gasteiger partial charge in [-0.15, -0.1) is 0 Å². The molecule has 0 aromatic heterocycles. The van der Waals surface area contributed by atoms with E-state index in [9.17, 15) is 9.59 Å². The van der Waals surface area contributed by atoms with E-state index in [4.69, 9.17) is 14.2 Å². The number of carbonyl (C=O) groups excluding carboxylic acids is 2. The average molecular weight is 363 g/mol. The first-order chi connectivity index (χ1) is 12.2. The summed E-state index contributed by atoms with van der Waals surface area (Å²) in [6, 6.07) is 5.76. The van der Waals surface area contributed by atoms with E-state index in [1.54, 1.807) is 4.90 Å². The van der Waals surface area contributed by atoms with Gasteiger partial charge in [0.2, 0.25) is 0 Å². The van der Waals surface area contributed by atoms with Gasteiger partial charge in [-0.25, -0.2) is 9.59 Å². The van der Waals surface area contributed by atoms with Gasteiger partial charge < -0.3 is 19.1 Å². The fraction of sp³-hybridized carbons (Fsp3) is 0.600. The van der Waals surface area contributed by atoms with Gasteiger partial charge in [0.25, 0.3) is 0 Å². The Balaban J connectivity index is 2.00. The highest BCUT2D eigenvalue weighted by molar-refractivity contribution is 5.76. The molecule has 1 atom stereocenters. The third-order valence-corrected chi connectivity index (χ3v) is 4.17. The number of benzene rings is 1. The number of amides is 1. The molecule has 1 aliphatic heterocycles. The first-order valence-corrected chi connectivity index (χ1v) is 9.10. The lowest BCUT2D eigenvalue weighted by Crippen LogP contribution is -2.37. The van der Waals surface area contributed by atoms with Crippen LogP contribution in [0.25, 0.3) is 0 Å². The largest absolute Gasteiger partial charge is 0.479 e. The van der Waals surface area contributed by atoms with Gasteiger partial charge in [0.1, 0.15) is 11.4 Å². The minimum absolute atomic E-state index is 0.307. The van der Waals surface area contributed by atoms with E-state index in [0.29, 0.717) is 38.3 Å². The van der Waals surface area contributed by atoms with Gasteiger partial charge in [0.05, 0.1) is 6.61 Å². The summed E-state index contributed by atoms with van der Waals surface area (Å²) in [6.07, 6.45) is 0.424. The third kappa shape index (κ3) is 5.64. The number of aryl methyl sites for hydroxylation is 1. The number of carbonyl (C=O) groups is 2. The molecule has 1 aromatic carbocycles. The van der Waals surface area contributed by atoms with Gasteiger partial charge in [0, 0.05) is 19.5 Å². The molecule has 0 bridgehead atoms. The molecule has 1 aromatic rings. The second kappa shape index (κ2) is 8.43. The number of hydrogen-bond acceptors (Lipinski definition) is 5. The molecule has 1 unspecified atom stereocenters. The van der Waals surface area contributed by atoms with Gasteiger partial charge in [-0.3, -0.25) is 0 Å². The van der Waals surface area contributed by atoms with Gasteiger partial charge >= 0.3 is 12.1 Å². The molecule has 1 saturated heterocycles. The Labute approximate surface area is 155 Å². The van der Waals surface area contributed by atoms with Crippen molar-refractivity contribution in [1.29, 1.82) is 0 Å². The van der Waals surface area contributed by atoms with Crippen LogP contribution in [0.5, 0.6) is 5.75 Å². The quantitative estimate of drug-likeness (QED) is 0.724. The lowest BCUT2D eigenvalue weighted by Gasteiger charge is -2.26. The minimum atomic E-state index is -0.528. The van der Waals surface area contributed by atoms with E-state index in [-0.39, 0.29) is 12.1 Å². The summed E-state index contributed by atoms with van der Waals surface area (Å²) in [5, 5.41) is 0. The summed E-state index contributed by atoms with van der Waals surface area (Å²) >= 11 is 0. The molecular weight excluding hydrogens is 334 g/mol. The molecule has 26 heavy (non-hydrogen) atoms. The smallest absolute Gasteiger partial charge is 0.410 e. The zero-order valence-corrected chi connectivity index (χ0v) is 16.3. The van der Waals surface area contributed by atoms with Crippen molar-refractivity contribution in [3.63, 3.8) is 0 Å². The standard InChI is InChI=1S/C20H29NO5/c1-6-21(19(23)26-20(3,4)5)11-9-15-13-16(8-7-14(15)2)25-17-10-12-24-18(17)22/h7-8,13,17H,6,9-12H2,1-5H3. The number of esters is 1. The molecule has 0 aliphatic carbocycles. The van der Waals surface area contributed by atoms with Crippen molar-refractivity contribution in [3.8, 4) is 5.75 Å². The third-order valence-electron chi connectivity index (χ3n) is 4.17. The summed E-state index contributed by atoms with van der Waals surface area (Å²) in [4.78, 5) is 25.5. The normalized spacial score (nSPS) is 17.0. The molecule has 1 aliphatic rings. The molecule has 0 spiro atoms. The Morgan fingerprint density at radius 3 is 2.65 bits per heavy atom. The van der Waals surface area contributed by atoms with Crippen molar-refractivity contribution < 1.29 is 23.8 Å². The fourth-order valence-electron chi connectivity index (χ4n) is 2.70. The molecule has 1 amide bonds. The molecular formula is C20H29NO5. The second-order valence-corrected chi connectivity index (χ2v) is 7.46. The van der Waals surface area contributed by atoms with Crippen LogP contribution in [0.2, 0.25) is 0 Å². The van der Waals surface area contributed by atoms with Crippen molar-refractivity contribution in [1.82, 2.24) is 4.90 Å². The maximum Gasteiger partial charge on any atom is 0.410 e. The van der Waals surface area contributed by atoms with Crippen molar-refractivity contribution in [3.05, 3.63) is 29.3 Å². The van der Waals surface area contributed by atoms with Crippen LogP contribution < -0.4 is 4.74 Å². The van der Waals surface area contributed by atoms with Crippen LogP contribution in [0.15, 0.2) is 18.2 Å². The summed E-state index contributed by atoms with van der Waals surface area (Å²) in [5.74, 6) is 0.337. The van der Waals surface area contributed by atoms with Crippen LogP contribution in [-0.2, 0) is 20.7 Å². The zero-order valence-electron chi connectivity index (χ0n) is 16.3. The Bertz CT molecular complexity index is 650.